The monoisotopic (exact) mass is 335 g/mol. The lowest BCUT2D eigenvalue weighted by molar-refractivity contribution is -0.111. The molecule has 1 aliphatic rings. The van der Waals surface area contributed by atoms with Gasteiger partial charge < -0.3 is 10.2 Å². The number of carbonyl (C=O) groups is 1. The molecule has 25 heavy (non-hydrogen) atoms. The molecule has 0 saturated carbocycles. The Labute approximate surface area is 149 Å². The van der Waals surface area contributed by atoms with Crippen molar-refractivity contribution in [2.75, 3.05) is 23.3 Å². The minimum atomic E-state index is -0.171. The summed E-state index contributed by atoms with van der Waals surface area (Å²) >= 11 is 0. The summed E-state index contributed by atoms with van der Waals surface area (Å²) in [7, 11) is 0. The Hall–Kier alpha value is -2.62. The molecular formula is C21H25N3O. The van der Waals surface area contributed by atoms with Gasteiger partial charge in [-0.1, -0.05) is 42.7 Å². The van der Waals surface area contributed by atoms with Gasteiger partial charge in [-0.2, -0.15) is 0 Å². The standard InChI is InChI=1S/C21H25N3O/c1-17-6-8-18(9-7-17)10-13-21(25)23-20-12-11-19(16-22-20)24-14-4-2-3-5-15-24/h6-13,16H,2-5,14-15H2,1H3,(H,22,23,25)/b13-10+. The van der Waals surface area contributed by atoms with Crippen LogP contribution in [0, 0.1) is 6.92 Å². The number of hydrogen-bond acceptors (Lipinski definition) is 3. The fourth-order valence-electron chi connectivity index (χ4n) is 2.99. The van der Waals surface area contributed by atoms with E-state index in [0.29, 0.717) is 5.82 Å². The summed E-state index contributed by atoms with van der Waals surface area (Å²) < 4.78 is 0. The molecule has 3 rings (SSSR count). The summed E-state index contributed by atoms with van der Waals surface area (Å²) in [5.41, 5.74) is 3.34. The van der Waals surface area contributed by atoms with Gasteiger partial charge in [-0.3, -0.25) is 4.79 Å². The molecule has 0 aliphatic carbocycles. The summed E-state index contributed by atoms with van der Waals surface area (Å²) in [6.45, 7) is 4.22. The van der Waals surface area contributed by atoms with Crippen LogP contribution in [0.5, 0.6) is 0 Å². The molecule has 4 heteroatoms. The first kappa shape index (κ1) is 17.2. The number of nitrogens with one attached hydrogen (secondary N) is 1. The SMILES string of the molecule is Cc1ccc(/C=C/C(=O)Nc2ccc(N3CCCCCC3)cn2)cc1. The van der Waals surface area contributed by atoms with Gasteiger partial charge in [-0.25, -0.2) is 4.98 Å². The lowest BCUT2D eigenvalue weighted by atomic mass is 10.1. The van der Waals surface area contributed by atoms with Crippen LogP contribution in [0.4, 0.5) is 11.5 Å². The molecule has 1 N–H and O–H groups in total. The van der Waals surface area contributed by atoms with E-state index >= 15 is 0 Å². The first-order valence-corrected chi connectivity index (χ1v) is 8.97. The molecule has 1 saturated heterocycles. The second kappa shape index (κ2) is 8.47. The van der Waals surface area contributed by atoms with Crippen molar-refractivity contribution in [3.05, 3.63) is 59.8 Å². The van der Waals surface area contributed by atoms with E-state index in [0.717, 1.165) is 24.3 Å². The van der Waals surface area contributed by atoms with E-state index in [1.807, 2.05) is 49.5 Å². The number of hydrogen-bond donors (Lipinski definition) is 1. The van der Waals surface area contributed by atoms with E-state index in [1.165, 1.54) is 37.3 Å². The largest absolute Gasteiger partial charge is 0.370 e. The molecule has 1 aromatic carbocycles. The van der Waals surface area contributed by atoms with Crippen LogP contribution in [0.3, 0.4) is 0 Å². The predicted molar refractivity (Wildman–Crippen MR) is 104 cm³/mol. The van der Waals surface area contributed by atoms with Crippen molar-refractivity contribution in [3.8, 4) is 0 Å². The van der Waals surface area contributed by atoms with Crippen LogP contribution in [-0.2, 0) is 4.79 Å². The zero-order valence-electron chi connectivity index (χ0n) is 14.7. The molecule has 130 valence electrons. The zero-order chi connectivity index (χ0) is 17.5. The number of aromatic nitrogens is 1. The van der Waals surface area contributed by atoms with Crippen molar-refractivity contribution in [2.45, 2.75) is 32.6 Å². The first-order valence-electron chi connectivity index (χ1n) is 8.97. The van der Waals surface area contributed by atoms with E-state index in [9.17, 15) is 4.79 Å². The number of pyridine rings is 1. The van der Waals surface area contributed by atoms with Gasteiger partial charge in [0.25, 0.3) is 0 Å². The average Bonchev–Trinajstić information content (AvgIpc) is 2.91. The molecule has 0 atom stereocenters. The number of benzene rings is 1. The minimum absolute atomic E-state index is 0.171. The molecular weight excluding hydrogens is 310 g/mol. The fourth-order valence-corrected chi connectivity index (χ4v) is 2.99. The van der Waals surface area contributed by atoms with Gasteiger partial charge in [0.15, 0.2) is 0 Å². The minimum Gasteiger partial charge on any atom is -0.370 e. The fraction of sp³-hybridized carbons (Fsp3) is 0.333. The number of nitrogens with zero attached hydrogens (tertiary/aromatic N) is 2. The highest BCUT2D eigenvalue weighted by atomic mass is 16.1. The van der Waals surface area contributed by atoms with Crippen LogP contribution in [0.1, 0.15) is 36.8 Å². The van der Waals surface area contributed by atoms with Gasteiger partial charge in [0.1, 0.15) is 5.82 Å². The second-order valence-corrected chi connectivity index (χ2v) is 6.54. The van der Waals surface area contributed by atoms with Crippen LogP contribution in [-0.4, -0.2) is 24.0 Å². The lowest BCUT2D eigenvalue weighted by Gasteiger charge is -2.22. The van der Waals surface area contributed by atoms with Gasteiger partial charge >= 0.3 is 0 Å². The van der Waals surface area contributed by atoms with Crippen molar-refractivity contribution in [1.29, 1.82) is 0 Å². The zero-order valence-corrected chi connectivity index (χ0v) is 14.7. The summed E-state index contributed by atoms with van der Waals surface area (Å²) in [5, 5.41) is 2.81. The maximum atomic E-state index is 12.0. The van der Waals surface area contributed by atoms with E-state index in [-0.39, 0.29) is 5.91 Å². The topological polar surface area (TPSA) is 45.2 Å². The molecule has 0 radical (unpaired) electrons. The van der Waals surface area contributed by atoms with Gasteiger partial charge in [-0.05, 0) is 43.5 Å². The highest BCUT2D eigenvalue weighted by molar-refractivity contribution is 6.01. The number of rotatable bonds is 4. The molecule has 1 aliphatic heterocycles. The van der Waals surface area contributed by atoms with Crippen LogP contribution in [0.2, 0.25) is 0 Å². The van der Waals surface area contributed by atoms with E-state index in [1.54, 1.807) is 6.08 Å². The van der Waals surface area contributed by atoms with Crippen molar-refractivity contribution in [1.82, 2.24) is 4.98 Å². The third kappa shape index (κ3) is 5.18. The van der Waals surface area contributed by atoms with Crippen LogP contribution >= 0.6 is 0 Å². The third-order valence-electron chi connectivity index (χ3n) is 4.47. The molecule has 0 spiro atoms. The average molecular weight is 335 g/mol. The number of aryl methyl sites for hydroxylation is 1. The highest BCUT2D eigenvalue weighted by Gasteiger charge is 2.10. The molecule has 1 amide bonds. The summed E-state index contributed by atoms with van der Waals surface area (Å²) in [4.78, 5) is 18.8. The molecule has 0 unspecified atom stereocenters. The Bertz CT molecular complexity index is 712. The van der Waals surface area contributed by atoms with Crippen LogP contribution in [0.25, 0.3) is 6.08 Å². The second-order valence-electron chi connectivity index (χ2n) is 6.54. The number of carbonyl (C=O) groups excluding carboxylic acids is 1. The number of amides is 1. The van der Waals surface area contributed by atoms with Gasteiger partial charge in [-0.15, -0.1) is 0 Å². The Morgan fingerprint density at radius 1 is 1.04 bits per heavy atom. The van der Waals surface area contributed by atoms with Crippen molar-refractivity contribution < 1.29 is 4.79 Å². The quantitative estimate of drug-likeness (QED) is 0.841. The Morgan fingerprint density at radius 2 is 1.76 bits per heavy atom. The molecule has 1 aromatic heterocycles. The van der Waals surface area contributed by atoms with Crippen LogP contribution < -0.4 is 10.2 Å². The van der Waals surface area contributed by atoms with E-state index in [4.69, 9.17) is 0 Å². The van der Waals surface area contributed by atoms with Gasteiger partial charge in [0.2, 0.25) is 5.91 Å². The Morgan fingerprint density at radius 3 is 2.40 bits per heavy atom. The molecule has 4 nitrogen and oxygen atoms in total. The van der Waals surface area contributed by atoms with Gasteiger partial charge in [0, 0.05) is 19.2 Å². The predicted octanol–water partition coefficient (Wildman–Crippen LogP) is 4.42. The Kier molecular flexibility index (Phi) is 5.83. The normalized spacial score (nSPS) is 15.2. The van der Waals surface area contributed by atoms with E-state index < -0.39 is 0 Å². The summed E-state index contributed by atoms with van der Waals surface area (Å²) in [6.07, 6.45) is 10.3. The maximum Gasteiger partial charge on any atom is 0.249 e. The molecule has 1 fully saturated rings. The summed E-state index contributed by atoms with van der Waals surface area (Å²) in [6, 6.07) is 12.0. The molecule has 2 heterocycles. The number of anilines is 2. The lowest BCUT2D eigenvalue weighted by Crippen LogP contribution is -2.24. The smallest absolute Gasteiger partial charge is 0.249 e. The Balaban J connectivity index is 1.57. The molecule has 2 aromatic rings. The van der Waals surface area contributed by atoms with Crippen molar-refractivity contribution in [3.63, 3.8) is 0 Å². The molecule has 0 bridgehead atoms. The summed E-state index contributed by atoms with van der Waals surface area (Å²) in [5.74, 6) is 0.410. The maximum absolute atomic E-state index is 12.0. The highest BCUT2D eigenvalue weighted by Crippen LogP contribution is 2.19. The third-order valence-corrected chi connectivity index (χ3v) is 4.47. The first-order chi connectivity index (χ1) is 12.2. The van der Waals surface area contributed by atoms with Gasteiger partial charge in [0.05, 0.1) is 11.9 Å². The van der Waals surface area contributed by atoms with Crippen molar-refractivity contribution in [2.24, 2.45) is 0 Å². The van der Waals surface area contributed by atoms with E-state index in [2.05, 4.69) is 15.2 Å². The van der Waals surface area contributed by atoms with Crippen molar-refractivity contribution >= 4 is 23.5 Å². The van der Waals surface area contributed by atoms with Crippen LogP contribution in [0.15, 0.2) is 48.7 Å².